The summed E-state index contributed by atoms with van der Waals surface area (Å²) in [6.45, 7) is 14.0. The molecule has 2 amide bonds. The highest BCUT2D eigenvalue weighted by Gasteiger charge is 2.52. The predicted octanol–water partition coefficient (Wildman–Crippen LogP) is 3.08. The van der Waals surface area contributed by atoms with Crippen molar-refractivity contribution in [3.8, 4) is 0 Å². The van der Waals surface area contributed by atoms with Gasteiger partial charge in [0.1, 0.15) is 17.4 Å². The Labute approximate surface area is 180 Å². The largest absolute Gasteiger partial charge is 0.375 e. The molecule has 0 radical (unpaired) electrons. The maximum absolute atomic E-state index is 13.4. The van der Waals surface area contributed by atoms with Gasteiger partial charge in [0, 0.05) is 31.8 Å². The minimum Gasteiger partial charge on any atom is -0.375 e. The van der Waals surface area contributed by atoms with Crippen LogP contribution in [0.5, 0.6) is 0 Å². The summed E-state index contributed by atoms with van der Waals surface area (Å²) in [6.07, 6.45) is 8.89. The number of carbonyl (C=O) groups is 2. The van der Waals surface area contributed by atoms with Gasteiger partial charge in [-0.1, -0.05) is 38.8 Å². The van der Waals surface area contributed by atoms with Gasteiger partial charge in [-0.2, -0.15) is 0 Å². The molecule has 0 aromatic rings. The van der Waals surface area contributed by atoms with Gasteiger partial charge in [-0.3, -0.25) is 19.7 Å². The van der Waals surface area contributed by atoms with E-state index >= 15 is 0 Å². The number of carbonyl (C=O) groups excluding carboxylic acids is 2. The van der Waals surface area contributed by atoms with Gasteiger partial charge in [0.15, 0.2) is 0 Å². The number of hydrogen-bond acceptors (Lipinski definition) is 5. The molecule has 1 unspecified atom stereocenters. The molecule has 3 fully saturated rings. The van der Waals surface area contributed by atoms with Gasteiger partial charge >= 0.3 is 0 Å². The van der Waals surface area contributed by atoms with Crippen molar-refractivity contribution in [1.29, 1.82) is 0 Å². The van der Waals surface area contributed by atoms with E-state index in [1.54, 1.807) is 0 Å². The molecule has 1 saturated carbocycles. The lowest BCUT2D eigenvalue weighted by atomic mass is 9.83. The van der Waals surface area contributed by atoms with Crippen molar-refractivity contribution >= 4 is 11.8 Å². The summed E-state index contributed by atoms with van der Waals surface area (Å²) in [4.78, 5) is 32.0. The molecule has 3 rings (SSSR count). The SMILES string of the molecule is C=C([C@H](CC1CCCC1)C(C(=O)NO)N1C(=C)N(C)C(C)(C)C1=O)N1CCCCC1. The van der Waals surface area contributed by atoms with Crippen LogP contribution in [0.25, 0.3) is 0 Å². The molecule has 3 aliphatic rings. The van der Waals surface area contributed by atoms with Crippen LogP contribution in [0.15, 0.2) is 24.7 Å². The lowest BCUT2D eigenvalue weighted by Gasteiger charge is -2.41. The quantitative estimate of drug-likeness (QED) is 0.491. The molecular formula is C23H38N4O3. The number of piperidine rings is 1. The lowest BCUT2D eigenvalue weighted by Crippen LogP contribution is -2.54. The molecule has 0 spiro atoms. The summed E-state index contributed by atoms with van der Waals surface area (Å²) in [6, 6.07) is -0.866. The van der Waals surface area contributed by atoms with Crippen molar-refractivity contribution in [1.82, 2.24) is 20.2 Å². The van der Waals surface area contributed by atoms with Crippen LogP contribution in [0.2, 0.25) is 0 Å². The van der Waals surface area contributed by atoms with E-state index in [-0.39, 0.29) is 11.8 Å². The summed E-state index contributed by atoms with van der Waals surface area (Å²) in [7, 11) is 1.82. The molecule has 2 atom stereocenters. The molecule has 0 aromatic carbocycles. The van der Waals surface area contributed by atoms with Crippen molar-refractivity contribution in [3.05, 3.63) is 24.7 Å². The third-order valence-electron chi connectivity index (χ3n) is 7.54. The zero-order valence-corrected chi connectivity index (χ0v) is 18.8. The van der Waals surface area contributed by atoms with E-state index in [1.807, 2.05) is 31.3 Å². The van der Waals surface area contributed by atoms with Gasteiger partial charge < -0.3 is 9.80 Å². The Hall–Kier alpha value is -2.02. The van der Waals surface area contributed by atoms with Gasteiger partial charge in [0.25, 0.3) is 11.8 Å². The van der Waals surface area contributed by atoms with E-state index in [1.165, 1.54) is 24.2 Å². The number of nitrogens with zero attached hydrogens (tertiary/aromatic N) is 3. The second-order valence-electron chi connectivity index (χ2n) is 9.66. The van der Waals surface area contributed by atoms with Gasteiger partial charge in [0.2, 0.25) is 0 Å². The van der Waals surface area contributed by atoms with Crippen LogP contribution in [0.3, 0.4) is 0 Å². The Bertz CT molecular complexity index is 693. The molecule has 2 saturated heterocycles. The number of amides is 2. The second-order valence-corrected chi connectivity index (χ2v) is 9.66. The first-order chi connectivity index (χ1) is 14.2. The molecular weight excluding hydrogens is 380 g/mol. The Morgan fingerprint density at radius 1 is 1.20 bits per heavy atom. The Morgan fingerprint density at radius 3 is 2.30 bits per heavy atom. The van der Waals surface area contributed by atoms with E-state index in [9.17, 15) is 14.8 Å². The van der Waals surface area contributed by atoms with Gasteiger partial charge in [-0.15, -0.1) is 0 Å². The molecule has 1 aliphatic carbocycles. The van der Waals surface area contributed by atoms with Crippen molar-refractivity contribution in [2.24, 2.45) is 11.8 Å². The van der Waals surface area contributed by atoms with Crippen molar-refractivity contribution in [2.75, 3.05) is 20.1 Å². The van der Waals surface area contributed by atoms with E-state index in [0.29, 0.717) is 11.7 Å². The van der Waals surface area contributed by atoms with E-state index in [4.69, 9.17) is 0 Å². The lowest BCUT2D eigenvalue weighted by molar-refractivity contribution is -0.144. The number of likely N-dealkylation sites (N-methyl/N-ethyl adjacent to an activating group) is 1. The third-order valence-corrected chi connectivity index (χ3v) is 7.54. The van der Waals surface area contributed by atoms with E-state index < -0.39 is 17.5 Å². The zero-order chi connectivity index (χ0) is 22.1. The van der Waals surface area contributed by atoms with E-state index in [0.717, 1.165) is 50.9 Å². The summed E-state index contributed by atoms with van der Waals surface area (Å²) < 4.78 is 0. The van der Waals surface area contributed by atoms with Crippen LogP contribution in [-0.4, -0.2) is 63.4 Å². The fourth-order valence-corrected chi connectivity index (χ4v) is 5.34. The summed E-state index contributed by atoms with van der Waals surface area (Å²) >= 11 is 0. The molecule has 7 heteroatoms. The van der Waals surface area contributed by atoms with Crippen LogP contribution in [0.4, 0.5) is 0 Å². The molecule has 0 aromatic heterocycles. The molecule has 2 heterocycles. The molecule has 30 heavy (non-hydrogen) atoms. The minimum atomic E-state index is -0.866. The number of hydroxylamine groups is 1. The van der Waals surface area contributed by atoms with Crippen molar-refractivity contribution < 1.29 is 14.8 Å². The smallest absolute Gasteiger partial charge is 0.267 e. The van der Waals surface area contributed by atoms with Gasteiger partial charge in [0.05, 0.1) is 0 Å². The van der Waals surface area contributed by atoms with Crippen molar-refractivity contribution in [2.45, 2.75) is 76.8 Å². The molecule has 168 valence electrons. The molecule has 7 nitrogen and oxygen atoms in total. The molecule has 2 aliphatic heterocycles. The highest BCUT2D eigenvalue weighted by molar-refractivity contribution is 5.95. The van der Waals surface area contributed by atoms with Gasteiger partial charge in [-0.05, 0) is 45.4 Å². The van der Waals surface area contributed by atoms with Crippen LogP contribution in [-0.2, 0) is 9.59 Å². The fraction of sp³-hybridized carbons (Fsp3) is 0.739. The minimum absolute atomic E-state index is 0.175. The predicted molar refractivity (Wildman–Crippen MR) is 116 cm³/mol. The summed E-state index contributed by atoms with van der Waals surface area (Å²) in [5.74, 6) is -0.0201. The first-order valence-electron chi connectivity index (χ1n) is 11.3. The first-order valence-corrected chi connectivity index (χ1v) is 11.3. The Kier molecular flexibility index (Phi) is 6.80. The number of likely N-dealkylation sites (tertiary alicyclic amines) is 1. The average molecular weight is 419 g/mol. The third kappa shape index (κ3) is 4.09. The van der Waals surface area contributed by atoms with Crippen LogP contribution in [0, 0.1) is 11.8 Å². The maximum atomic E-state index is 13.4. The number of nitrogens with one attached hydrogen (secondary N) is 1. The Balaban J connectivity index is 1.98. The summed E-state index contributed by atoms with van der Waals surface area (Å²) in [5, 5.41) is 9.61. The topological polar surface area (TPSA) is 76.1 Å². The number of hydrogen-bond donors (Lipinski definition) is 2. The monoisotopic (exact) mass is 418 g/mol. The van der Waals surface area contributed by atoms with Crippen LogP contribution in [0.1, 0.15) is 65.2 Å². The van der Waals surface area contributed by atoms with Crippen LogP contribution < -0.4 is 5.48 Å². The maximum Gasteiger partial charge on any atom is 0.267 e. The highest BCUT2D eigenvalue weighted by Crippen LogP contribution is 2.41. The van der Waals surface area contributed by atoms with Crippen molar-refractivity contribution in [3.63, 3.8) is 0 Å². The second kappa shape index (κ2) is 9.00. The van der Waals surface area contributed by atoms with Crippen LogP contribution >= 0.6 is 0 Å². The summed E-state index contributed by atoms with van der Waals surface area (Å²) in [5.41, 5.74) is 1.95. The van der Waals surface area contributed by atoms with Gasteiger partial charge in [-0.25, -0.2) is 5.48 Å². The highest BCUT2D eigenvalue weighted by atomic mass is 16.5. The first kappa shape index (κ1) is 22.7. The fourth-order valence-electron chi connectivity index (χ4n) is 5.34. The molecule has 2 N–H and O–H groups in total. The standard InChI is InChI=1S/C23H38N4O3/c1-16(26-13-9-6-10-14-26)19(15-18-11-7-8-12-18)20(21(28)24-30)27-17(2)25(5)23(3,4)22(27)29/h18-20,30H,1-2,6-15H2,3-5H3,(H,24,28)/t19-,20?/m0/s1. The number of rotatable bonds is 7. The molecule has 0 bridgehead atoms. The van der Waals surface area contributed by atoms with E-state index in [2.05, 4.69) is 18.1 Å². The average Bonchev–Trinajstić information content (AvgIpc) is 3.31. The zero-order valence-electron chi connectivity index (χ0n) is 18.8. The normalized spacial score (nSPS) is 24.3. The Morgan fingerprint density at radius 2 is 1.80 bits per heavy atom.